The summed E-state index contributed by atoms with van der Waals surface area (Å²) in [5.41, 5.74) is 6.73. The lowest BCUT2D eigenvalue weighted by atomic mass is 10.2. The van der Waals surface area contributed by atoms with E-state index in [1.54, 1.807) is 0 Å². The Hall–Kier alpha value is -1.10. The smallest absolute Gasteiger partial charge is 0.123 e. The molecule has 4 heteroatoms. The molecule has 1 aromatic rings. The van der Waals surface area contributed by atoms with Crippen molar-refractivity contribution < 1.29 is 9.47 Å². The third-order valence-corrected chi connectivity index (χ3v) is 3.29. The Kier molecular flexibility index (Phi) is 4.99. The molecule has 0 aromatic heterocycles. The highest BCUT2D eigenvalue weighted by atomic mass is 16.5. The second-order valence-corrected chi connectivity index (χ2v) is 4.51. The fourth-order valence-corrected chi connectivity index (χ4v) is 2.16. The Morgan fingerprint density at radius 1 is 1.44 bits per heavy atom. The van der Waals surface area contributed by atoms with Gasteiger partial charge >= 0.3 is 0 Å². The fraction of sp³-hybridized carbons (Fsp3) is 0.571. The van der Waals surface area contributed by atoms with E-state index in [2.05, 4.69) is 11.8 Å². The van der Waals surface area contributed by atoms with Crippen LogP contribution in [0.5, 0.6) is 5.75 Å². The largest absolute Gasteiger partial charge is 0.490 e. The van der Waals surface area contributed by atoms with Crippen LogP contribution in [-0.2, 0) is 11.3 Å². The predicted octanol–water partition coefficient (Wildman–Crippen LogP) is 1.24. The summed E-state index contributed by atoms with van der Waals surface area (Å²) in [6.07, 6.45) is 0.157. The van der Waals surface area contributed by atoms with Crippen molar-refractivity contribution in [2.75, 3.05) is 32.8 Å². The van der Waals surface area contributed by atoms with Crippen molar-refractivity contribution in [2.24, 2.45) is 5.73 Å². The van der Waals surface area contributed by atoms with E-state index in [0.29, 0.717) is 13.2 Å². The van der Waals surface area contributed by atoms with Gasteiger partial charge in [-0.1, -0.05) is 25.1 Å². The molecule has 1 fully saturated rings. The van der Waals surface area contributed by atoms with Crippen molar-refractivity contribution in [3.05, 3.63) is 29.8 Å². The first-order valence-electron chi connectivity index (χ1n) is 6.58. The predicted molar refractivity (Wildman–Crippen MR) is 71.7 cm³/mol. The Morgan fingerprint density at radius 2 is 2.28 bits per heavy atom. The molecule has 18 heavy (non-hydrogen) atoms. The second kappa shape index (κ2) is 6.73. The van der Waals surface area contributed by atoms with E-state index in [1.165, 1.54) is 0 Å². The molecule has 1 aliphatic heterocycles. The lowest BCUT2D eigenvalue weighted by molar-refractivity contribution is -0.0465. The normalized spacial score (nSPS) is 20.9. The van der Waals surface area contributed by atoms with Crippen molar-refractivity contribution >= 4 is 0 Å². The van der Waals surface area contributed by atoms with Gasteiger partial charge in [0, 0.05) is 25.2 Å². The average molecular weight is 250 g/mol. The Bertz CT molecular complexity index is 371. The summed E-state index contributed by atoms with van der Waals surface area (Å²) < 4.78 is 11.5. The van der Waals surface area contributed by atoms with E-state index in [-0.39, 0.29) is 6.10 Å². The minimum Gasteiger partial charge on any atom is -0.490 e. The summed E-state index contributed by atoms with van der Waals surface area (Å²) in [6.45, 7) is 7.09. The van der Waals surface area contributed by atoms with Crippen LogP contribution < -0.4 is 10.5 Å². The molecule has 0 bridgehead atoms. The van der Waals surface area contributed by atoms with E-state index in [1.807, 2.05) is 24.3 Å². The van der Waals surface area contributed by atoms with Gasteiger partial charge < -0.3 is 15.2 Å². The van der Waals surface area contributed by atoms with Crippen LogP contribution in [-0.4, -0.2) is 43.9 Å². The van der Waals surface area contributed by atoms with Gasteiger partial charge in [-0.25, -0.2) is 0 Å². The molecule has 1 aromatic carbocycles. The van der Waals surface area contributed by atoms with E-state index >= 15 is 0 Å². The molecule has 0 aliphatic carbocycles. The van der Waals surface area contributed by atoms with Crippen LogP contribution in [0.3, 0.4) is 0 Å². The van der Waals surface area contributed by atoms with Crippen LogP contribution in [0.4, 0.5) is 0 Å². The highest BCUT2D eigenvalue weighted by Crippen LogP contribution is 2.18. The Balaban J connectivity index is 1.87. The molecule has 0 radical (unpaired) electrons. The van der Waals surface area contributed by atoms with Crippen LogP contribution in [0.25, 0.3) is 0 Å². The van der Waals surface area contributed by atoms with Crippen molar-refractivity contribution in [3.63, 3.8) is 0 Å². The fourth-order valence-electron chi connectivity index (χ4n) is 2.16. The summed E-state index contributed by atoms with van der Waals surface area (Å²) in [5.74, 6) is 0.872. The Morgan fingerprint density at radius 3 is 3.06 bits per heavy atom. The maximum absolute atomic E-state index is 5.83. The number of nitrogens with zero attached hydrogens (tertiary/aromatic N) is 1. The van der Waals surface area contributed by atoms with Gasteiger partial charge in [-0.15, -0.1) is 0 Å². The zero-order valence-electron chi connectivity index (χ0n) is 11.0. The first kappa shape index (κ1) is 13.3. The summed E-state index contributed by atoms with van der Waals surface area (Å²) in [6, 6.07) is 7.90. The molecule has 0 spiro atoms. The van der Waals surface area contributed by atoms with Gasteiger partial charge in [0.05, 0.1) is 6.61 Å². The molecule has 2 rings (SSSR count). The number of nitrogens with two attached hydrogens (primary N) is 1. The Labute approximate surface area is 109 Å². The first-order chi connectivity index (χ1) is 8.83. The number of hydrogen-bond acceptors (Lipinski definition) is 4. The number of hydrogen-bond donors (Lipinski definition) is 1. The zero-order chi connectivity index (χ0) is 12.8. The molecule has 1 saturated heterocycles. The van der Waals surface area contributed by atoms with Gasteiger partial charge in [-0.3, -0.25) is 4.90 Å². The molecule has 2 N–H and O–H groups in total. The van der Waals surface area contributed by atoms with E-state index in [4.69, 9.17) is 15.2 Å². The van der Waals surface area contributed by atoms with Gasteiger partial charge in [0.25, 0.3) is 0 Å². The number of para-hydroxylation sites is 1. The molecule has 100 valence electrons. The van der Waals surface area contributed by atoms with E-state index in [9.17, 15) is 0 Å². The molecule has 0 saturated carbocycles. The molecular weight excluding hydrogens is 228 g/mol. The second-order valence-electron chi connectivity index (χ2n) is 4.51. The standard InChI is InChI=1S/C14H22N2O2/c1-2-16-7-8-17-13(10-16)11-18-14-6-4-3-5-12(14)9-15/h3-6,13H,2,7-11,15H2,1H3. The van der Waals surface area contributed by atoms with Crippen LogP contribution in [0.1, 0.15) is 12.5 Å². The zero-order valence-corrected chi connectivity index (χ0v) is 11.0. The SMILES string of the molecule is CCN1CCOC(COc2ccccc2CN)C1. The molecule has 4 nitrogen and oxygen atoms in total. The molecular formula is C14H22N2O2. The number of ether oxygens (including phenoxy) is 2. The quantitative estimate of drug-likeness (QED) is 0.854. The van der Waals surface area contributed by atoms with Crippen LogP contribution in [0.15, 0.2) is 24.3 Å². The molecule has 1 atom stereocenters. The number of rotatable bonds is 5. The van der Waals surface area contributed by atoms with Crippen molar-refractivity contribution in [2.45, 2.75) is 19.6 Å². The van der Waals surface area contributed by atoms with Gasteiger partial charge in [0.1, 0.15) is 18.5 Å². The van der Waals surface area contributed by atoms with Gasteiger partial charge in [-0.2, -0.15) is 0 Å². The molecule has 1 unspecified atom stereocenters. The van der Waals surface area contributed by atoms with E-state index in [0.717, 1.165) is 37.6 Å². The van der Waals surface area contributed by atoms with Gasteiger partial charge in [0.2, 0.25) is 0 Å². The molecule has 1 aliphatic rings. The van der Waals surface area contributed by atoms with Crippen LogP contribution in [0.2, 0.25) is 0 Å². The summed E-state index contributed by atoms with van der Waals surface area (Å²) in [4.78, 5) is 2.38. The minimum atomic E-state index is 0.157. The highest BCUT2D eigenvalue weighted by molar-refractivity contribution is 5.32. The summed E-state index contributed by atoms with van der Waals surface area (Å²) >= 11 is 0. The minimum absolute atomic E-state index is 0.157. The lowest BCUT2D eigenvalue weighted by Gasteiger charge is -2.32. The number of morpholine rings is 1. The third kappa shape index (κ3) is 3.45. The monoisotopic (exact) mass is 250 g/mol. The van der Waals surface area contributed by atoms with Crippen molar-refractivity contribution in [1.82, 2.24) is 4.90 Å². The van der Waals surface area contributed by atoms with Crippen LogP contribution >= 0.6 is 0 Å². The summed E-state index contributed by atoms with van der Waals surface area (Å²) in [7, 11) is 0. The van der Waals surface area contributed by atoms with Crippen LogP contribution in [0, 0.1) is 0 Å². The van der Waals surface area contributed by atoms with Gasteiger partial charge in [-0.05, 0) is 12.6 Å². The van der Waals surface area contributed by atoms with Crippen molar-refractivity contribution in [3.8, 4) is 5.75 Å². The third-order valence-electron chi connectivity index (χ3n) is 3.29. The summed E-state index contributed by atoms with van der Waals surface area (Å²) in [5, 5.41) is 0. The average Bonchev–Trinajstić information content (AvgIpc) is 2.45. The number of likely N-dealkylation sites (N-methyl/N-ethyl adjacent to an activating group) is 1. The highest BCUT2D eigenvalue weighted by Gasteiger charge is 2.19. The topological polar surface area (TPSA) is 47.7 Å². The number of benzene rings is 1. The van der Waals surface area contributed by atoms with Crippen molar-refractivity contribution in [1.29, 1.82) is 0 Å². The van der Waals surface area contributed by atoms with E-state index < -0.39 is 0 Å². The van der Waals surface area contributed by atoms with Gasteiger partial charge in [0.15, 0.2) is 0 Å². The maximum atomic E-state index is 5.83. The molecule has 0 amide bonds. The molecule has 1 heterocycles. The lowest BCUT2D eigenvalue weighted by Crippen LogP contribution is -2.44. The maximum Gasteiger partial charge on any atom is 0.123 e. The first-order valence-corrected chi connectivity index (χ1v) is 6.58.